The summed E-state index contributed by atoms with van der Waals surface area (Å²) in [7, 11) is 0. The molecule has 0 atom stereocenters. The average molecular weight is 197 g/mol. The Morgan fingerprint density at radius 3 is 2.75 bits per heavy atom. The molecule has 12 heavy (non-hydrogen) atoms. The van der Waals surface area contributed by atoms with Crippen molar-refractivity contribution in [2.24, 2.45) is 0 Å². The lowest BCUT2D eigenvalue weighted by Crippen LogP contribution is -1.91. The van der Waals surface area contributed by atoms with Crippen LogP contribution >= 0.6 is 22.7 Å². The molecule has 0 unspecified atom stereocenters. The maximum absolute atomic E-state index is 10.8. The molecule has 0 aliphatic heterocycles. The monoisotopic (exact) mass is 197 g/mol. The minimum Gasteiger partial charge on any atom is -0.312 e. The zero-order valence-corrected chi connectivity index (χ0v) is 8.09. The van der Waals surface area contributed by atoms with Gasteiger partial charge in [-0.2, -0.15) is 0 Å². The molecule has 0 aromatic carbocycles. The van der Waals surface area contributed by atoms with Crippen LogP contribution in [0.5, 0.6) is 0 Å². The summed E-state index contributed by atoms with van der Waals surface area (Å²) >= 11 is 2.89. The summed E-state index contributed by atoms with van der Waals surface area (Å²) in [6, 6.07) is 4.08. The van der Waals surface area contributed by atoms with Gasteiger partial charge in [0.15, 0.2) is 0 Å². The van der Waals surface area contributed by atoms with Crippen molar-refractivity contribution in [2.45, 2.75) is 6.92 Å². The van der Waals surface area contributed by atoms with Gasteiger partial charge >= 0.3 is 4.87 Å². The number of thiazole rings is 1. The summed E-state index contributed by atoms with van der Waals surface area (Å²) in [5.41, 5.74) is 0.933. The summed E-state index contributed by atoms with van der Waals surface area (Å²) in [6.45, 7) is 2.05. The molecular formula is C8H7NOS2. The minimum atomic E-state index is 0.0102. The maximum atomic E-state index is 10.8. The third kappa shape index (κ3) is 1.35. The second-order valence-corrected chi connectivity index (χ2v) is 4.60. The van der Waals surface area contributed by atoms with Gasteiger partial charge in [-0.3, -0.25) is 4.79 Å². The van der Waals surface area contributed by atoms with Gasteiger partial charge < -0.3 is 4.98 Å². The molecule has 2 rings (SSSR count). The molecule has 1 N–H and O–H groups in total. The predicted molar refractivity (Wildman–Crippen MR) is 53.0 cm³/mol. The molecule has 2 aromatic rings. The van der Waals surface area contributed by atoms with E-state index >= 15 is 0 Å². The number of aryl methyl sites for hydroxylation is 1. The number of H-pyrrole nitrogens is 1. The molecule has 0 bridgehead atoms. The first-order valence-corrected chi connectivity index (χ1v) is 5.20. The zero-order valence-electron chi connectivity index (χ0n) is 6.46. The van der Waals surface area contributed by atoms with E-state index in [4.69, 9.17) is 0 Å². The Kier molecular flexibility index (Phi) is 1.86. The van der Waals surface area contributed by atoms with Gasteiger partial charge in [0.25, 0.3) is 0 Å². The first kappa shape index (κ1) is 7.76. The number of thiophene rings is 1. The van der Waals surface area contributed by atoms with Crippen LogP contribution in [0.2, 0.25) is 0 Å². The molecule has 2 aromatic heterocycles. The van der Waals surface area contributed by atoms with Gasteiger partial charge in [-0.1, -0.05) is 11.3 Å². The molecule has 0 saturated carbocycles. The normalized spacial score (nSPS) is 10.4. The molecule has 0 radical (unpaired) electrons. The zero-order chi connectivity index (χ0) is 8.55. The van der Waals surface area contributed by atoms with Crippen LogP contribution in [-0.2, 0) is 0 Å². The lowest BCUT2D eigenvalue weighted by Gasteiger charge is -1.86. The Morgan fingerprint density at radius 2 is 2.25 bits per heavy atom. The molecule has 0 saturated heterocycles. The van der Waals surface area contributed by atoms with Gasteiger partial charge in [-0.15, -0.1) is 11.3 Å². The van der Waals surface area contributed by atoms with Crippen LogP contribution in [-0.4, -0.2) is 4.98 Å². The Morgan fingerprint density at radius 1 is 1.42 bits per heavy atom. The summed E-state index contributed by atoms with van der Waals surface area (Å²) in [5, 5.41) is 1.85. The molecule has 0 fully saturated rings. The molecule has 0 aliphatic rings. The predicted octanol–water partition coefficient (Wildman–Crippen LogP) is 2.47. The smallest absolute Gasteiger partial charge is 0.304 e. The van der Waals surface area contributed by atoms with Gasteiger partial charge in [0, 0.05) is 10.3 Å². The molecule has 0 spiro atoms. The number of aromatic nitrogens is 1. The largest absolute Gasteiger partial charge is 0.312 e. The third-order valence-corrected chi connectivity index (χ3v) is 3.23. The fourth-order valence-corrected chi connectivity index (χ4v) is 2.47. The standard InChI is InChI=1S/C8H7NOS2/c1-5-2-3-7(12-5)6-4-11-8(10)9-6/h2-4H,1H3,(H,9,10). The first-order chi connectivity index (χ1) is 5.75. The molecular weight excluding hydrogens is 190 g/mol. The highest BCUT2D eigenvalue weighted by atomic mass is 32.1. The molecule has 0 aliphatic carbocycles. The molecule has 62 valence electrons. The summed E-state index contributed by atoms with van der Waals surface area (Å²) in [6.07, 6.45) is 0. The van der Waals surface area contributed by atoms with Crippen molar-refractivity contribution < 1.29 is 0 Å². The fraction of sp³-hybridized carbons (Fsp3) is 0.125. The van der Waals surface area contributed by atoms with Crippen LogP contribution in [0.25, 0.3) is 10.6 Å². The SMILES string of the molecule is Cc1ccc(-c2csc(=O)[nH]2)s1. The van der Waals surface area contributed by atoms with Crippen LogP contribution in [0.15, 0.2) is 22.3 Å². The minimum absolute atomic E-state index is 0.0102. The highest BCUT2D eigenvalue weighted by molar-refractivity contribution is 7.15. The Balaban J connectivity index is 2.50. The van der Waals surface area contributed by atoms with E-state index in [1.54, 1.807) is 11.3 Å². The van der Waals surface area contributed by atoms with E-state index in [1.807, 2.05) is 11.4 Å². The van der Waals surface area contributed by atoms with E-state index in [9.17, 15) is 4.79 Å². The number of aromatic amines is 1. The molecule has 2 nitrogen and oxygen atoms in total. The average Bonchev–Trinajstić information content (AvgIpc) is 2.58. The van der Waals surface area contributed by atoms with Crippen LogP contribution in [0.1, 0.15) is 4.88 Å². The van der Waals surface area contributed by atoms with Crippen molar-refractivity contribution in [2.75, 3.05) is 0 Å². The van der Waals surface area contributed by atoms with Crippen molar-refractivity contribution in [3.63, 3.8) is 0 Å². The van der Waals surface area contributed by atoms with Crippen molar-refractivity contribution in [1.29, 1.82) is 0 Å². The van der Waals surface area contributed by atoms with Crippen LogP contribution in [0.3, 0.4) is 0 Å². The summed E-state index contributed by atoms with van der Waals surface area (Å²) < 4.78 is 0. The van der Waals surface area contributed by atoms with Gasteiger partial charge in [0.2, 0.25) is 0 Å². The second-order valence-electron chi connectivity index (χ2n) is 2.47. The van der Waals surface area contributed by atoms with Crippen molar-refractivity contribution >= 4 is 22.7 Å². The molecule has 4 heteroatoms. The number of nitrogens with one attached hydrogen (secondary N) is 1. The van der Waals surface area contributed by atoms with Gasteiger partial charge in [0.1, 0.15) is 0 Å². The van der Waals surface area contributed by atoms with Crippen LogP contribution < -0.4 is 4.87 Å². The second kappa shape index (κ2) is 2.88. The van der Waals surface area contributed by atoms with Crippen LogP contribution in [0.4, 0.5) is 0 Å². The number of hydrogen-bond donors (Lipinski definition) is 1. The van der Waals surface area contributed by atoms with E-state index in [2.05, 4.69) is 18.0 Å². The Hall–Kier alpha value is -0.870. The topological polar surface area (TPSA) is 32.9 Å². The van der Waals surface area contributed by atoms with Gasteiger partial charge in [-0.05, 0) is 19.1 Å². The molecule has 2 heterocycles. The summed E-state index contributed by atoms with van der Waals surface area (Å²) in [4.78, 5) is 16.0. The van der Waals surface area contributed by atoms with Crippen molar-refractivity contribution in [1.82, 2.24) is 4.98 Å². The lowest BCUT2D eigenvalue weighted by atomic mass is 10.4. The van der Waals surface area contributed by atoms with Crippen molar-refractivity contribution in [3.8, 4) is 10.6 Å². The Labute approximate surface area is 77.5 Å². The van der Waals surface area contributed by atoms with E-state index in [0.29, 0.717) is 0 Å². The van der Waals surface area contributed by atoms with Gasteiger partial charge in [0.05, 0.1) is 10.6 Å². The molecule has 0 amide bonds. The van der Waals surface area contributed by atoms with Gasteiger partial charge in [-0.25, -0.2) is 0 Å². The van der Waals surface area contributed by atoms with E-state index in [0.717, 1.165) is 10.6 Å². The van der Waals surface area contributed by atoms with E-state index in [1.165, 1.54) is 16.2 Å². The highest BCUT2D eigenvalue weighted by Crippen LogP contribution is 2.25. The van der Waals surface area contributed by atoms with Crippen molar-refractivity contribution in [3.05, 3.63) is 32.1 Å². The van der Waals surface area contributed by atoms with E-state index < -0.39 is 0 Å². The lowest BCUT2D eigenvalue weighted by molar-refractivity contribution is 1.35. The number of rotatable bonds is 1. The third-order valence-electron chi connectivity index (χ3n) is 1.53. The summed E-state index contributed by atoms with van der Waals surface area (Å²) in [5.74, 6) is 0. The highest BCUT2D eigenvalue weighted by Gasteiger charge is 2.01. The fourth-order valence-electron chi connectivity index (χ4n) is 0.980. The quantitative estimate of drug-likeness (QED) is 0.748. The Bertz CT molecular complexity index is 438. The van der Waals surface area contributed by atoms with E-state index in [-0.39, 0.29) is 4.87 Å². The van der Waals surface area contributed by atoms with Crippen LogP contribution in [0, 0.1) is 6.92 Å². The maximum Gasteiger partial charge on any atom is 0.304 e. The number of hydrogen-bond acceptors (Lipinski definition) is 3. The first-order valence-electron chi connectivity index (χ1n) is 3.50.